The number of carbonyl (C=O) groups is 1. The maximum absolute atomic E-state index is 12.9. The lowest BCUT2D eigenvalue weighted by Crippen LogP contribution is -2.29. The number of amides is 1. The maximum atomic E-state index is 12.9. The van der Waals surface area contributed by atoms with Crippen molar-refractivity contribution in [1.29, 1.82) is 0 Å². The van der Waals surface area contributed by atoms with Crippen molar-refractivity contribution in [3.05, 3.63) is 59.3 Å². The van der Waals surface area contributed by atoms with E-state index in [2.05, 4.69) is 15.6 Å². The van der Waals surface area contributed by atoms with Crippen LogP contribution in [0.25, 0.3) is 0 Å². The molecule has 0 fully saturated rings. The van der Waals surface area contributed by atoms with E-state index in [1.54, 1.807) is 7.05 Å². The van der Waals surface area contributed by atoms with Gasteiger partial charge in [-0.05, 0) is 18.1 Å². The summed E-state index contributed by atoms with van der Waals surface area (Å²) in [5.41, 5.74) is 0.318. The summed E-state index contributed by atoms with van der Waals surface area (Å²) in [6.45, 7) is 1.86. The van der Waals surface area contributed by atoms with Gasteiger partial charge in [-0.2, -0.15) is 13.2 Å². The van der Waals surface area contributed by atoms with Crippen LogP contribution in [0.3, 0.4) is 0 Å². The molecule has 0 saturated carbocycles. The third-order valence-electron chi connectivity index (χ3n) is 3.91. The molecular formula is C18H20F3N3O. The summed E-state index contributed by atoms with van der Waals surface area (Å²) in [6.07, 6.45) is -3.11. The Morgan fingerprint density at radius 1 is 1.24 bits per heavy atom. The molecule has 0 unspecified atom stereocenters. The van der Waals surface area contributed by atoms with Gasteiger partial charge in [-0.3, -0.25) is 4.79 Å². The number of rotatable bonds is 6. The molecule has 2 rings (SSSR count). The van der Waals surface area contributed by atoms with Gasteiger partial charge in [0.15, 0.2) is 0 Å². The van der Waals surface area contributed by atoms with E-state index in [0.717, 1.165) is 17.8 Å². The molecule has 7 heteroatoms. The average Bonchev–Trinajstić information content (AvgIpc) is 2.60. The SMILES string of the molecule is CC[C@H](C(=O)NCc1cc(C(F)(F)F)cnc1NC)c1ccccc1. The Morgan fingerprint density at radius 2 is 1.92 bits per heavy atom. The molecular weight excluding hydrogens is 331 g/mol. The van der Waals surface area contributed by atoms with Crippen molar-refractivity contribution < 1.29 is 18.0 Å². The average molecular weight is 351 g/mol. The van der Waals surface area contributed by atoms with Gasteiger partial charge in [-0.1, -0.05) is 37.3 Å². The van der Waals surface area contributed by atoms with Crippen LogP contribution in [-0.2, 0) is 17.5 Å². The highest BCUT2D eigenvalue weighted by Crippen LogP contribution is 2.30. The fourth-order valence-electron chi connectivity index (χ4n) is 2.59. The van der Waals surface area contributed by atoms with Gasteiger partial charge in [0.25, 0.3) is 0 Å². The number of anilines is 1. The van der Waals surface area contributed by atoms with E-state index in [1.165, 1.54) is 0 Å². The summed E-state index contributed by atoms with van der Waals surface area (Å²) < 4.78 is 38.6. The van der Waals surface area contributed by atoms with Crippen LogP contribution in [0.1, 0.15) is 36.0 Å². The molecule has 1 aromatic carbocycles. The van der Waals surface area contributed by atoms with Gasteiger partial charge in [0, 0.05) is 25.4 Å². The van der Waals surface area contributed by atoms with Crippen molar-refractivity contribution in [3.63, 3.8) is 0 Å². The highest BCUT2D eigenvalue weighted by molar-refractivity contribution is 5.83. The van der Waals surface area contributed by atoms with Crippen LogP contribution in [0.2, 0.25) is 0 Å². The number of hydrogen-bond donors (Lipinski definition) is 2. The van der Waals surface area contributed by atoms with E-state index in [-0.39, 0.29) is 23.9 Å². The minimum atomic E-state index is -4.48. The van der Waals surface area contributed by atoms with E-state index in [1.807, 2.05) is 37.3 Å². The van der Waals surface area contributed by atoms with Crippen molar-refractivity contribution >= 4 is 11.7 Å². The highest BCUT2D eigenvalue weighted by Gasteiger charge is 2.31. The second kappa shape index (κ2) is 8.00. The number of benzene rings is 1. The van der Waals surface area contributed by atoms with Gasteiger partial charge < -0.3 is 10.6 Å². The normalized spacial score (nSPS) is 12.5. The van der Waals surface area contributed by atoms with Crippen LogP contribution in [0.15, 0.2) is 42.6 Å². The molecule has 1 heterocycles. The minimum Gasteiger partial charge on any atom is -0.373 e. The van der Waals surface area contributed by atoms with E-state index in [9.17, 15) is 18.0 Å². The molecule has 0 aliphatic carbocycles. The van der Waals surface area contributed by atoms with E-state index in [0.29, 0.717) is 12.2 Å². The summed E-state index contributed by atoms with van der Waals surface area (Å²) >= 11 is 0. The Morgan fingerprint density at radius 3 is 2.48 bits per heavy atom. The van der Waals surface area contributed by atoms with E-state index < -0.39 is 11.7 Å². The molecule has 0 saturated heterocycles. The summed E-state index contributed by atoms with van der Waals surface area (Å²) in [5.74, 6) is -0.271. The Bertz CT molecular complexity index is 717. The van der Waals surface area contributed by atoms with Gasteiger partial charge >= 0.3 is 6.18 Å². The molecule has 0 radical (unpaired) electrons. The lowest BCUT2D eigenvalue weighted by Gasteiger charge is -2.17. The fourth-order valence-corrected chi connectivity index (χ4v) is 2.59. The van der Waals surface area contributed by atoms with Crippen LogP contribution in [-0.4, -0.2) is 17.9 Å². The second-order valence-corrected chi connectivity index (χ2v) is 5.57. The lowest BCUT2D eigenvalue weighted by atomic mass is 9.95. The third kappa shape index (κ3) is 4.71. The molecule has 1 amide bonds. The first-order valence-electron chi connectivity index (χ1n) is 7.93. The zero-order valence-corrected chi connectivity index (χ0v) is 14.0. The van der Waals surface area contributed by atoms with Crippen molar-refractivity contribution in [1.82, 2.24) is 10.3 Å². The number of aromatic nitrogens is 1. The summed E-state index contributed by atoms with van der Waals surface area (Å²) in [4.78, 5) is 16.2. The molecule has 0 aliphatic heterocycles. The molecule has 1 atom stereocenters. The van der Waals surface area contributed by atoms with E-state index in [4.69, 9.17) is 0 Å². The molecule has 2 aromatic rings. The standard InChI is InChI=1S/C18H20F3N3O/c1-3-15(12-7-5-4-6-8-12)17(25)24-10-13-9-14(18(19,20)21)11-23-16(13)22-2/h4-9,11,15H,3,10H2,1-2H3,(H,22,23)(H,24,25)/t15-/m0/s1. The monoisotopic (exact) mass is 351 g/mol. The van der Waals surface area contributed by atoms with Crippen LogP contribution in [0.4, 0.5) is 19.0 Å². The van der Waals surface area contributed by atoms with Crippen molar-refractivity contribution in [3.8, 4) is 0 Å². The summed E-state index contributed by atoms with van der Waals surface area (Å²) in [5, 5.41) is 5.46. The Kier molecular flexibility index (Phi) is 6.01. The predicted octanol–water partition coefficient (Wildman–Crippen LogP) is 3.95. The Labute approximate surface area is 144 Å². The van der Waals surface area contributed by atoms with Crippen molar-refractivity contribution in [2.24, 2.45) is 0 Å². The quantitative estimate of drug-likeness (QED) is 0.828. The first-order valence-corrected chi connectivity index (χ1v) is 7.93. The van der Waals surface area contributed by atoms with Crippen LogP contribution in [0.5, 0.6) is 0 Å². The van der Waals surface area contributed by atoms with Gasteiger partial charge in [-0.15, -0.1) is 0 Å². The molecule has 2 N–H and O–H groups in total. The van der Waals surface area contributed by atoms with Gasteiger partial charge in [0.2, 0.25) is 5.91 Å². The van der Waals surface area contributed by atoms with Gasteiger partial charge in [0.1, 0.15) is 5.82 Å². The first-order chi connectivity index (χ1) is 11.9. The van der Waals surface area contributed by atoms with E-state index >= 15 is 0 Å². The molecule has 1 aromatic heterocycles. The fraction of sp³-hybridized carbons (Fsp3) is 0.333. The molecule has 0 bridgehead atoms. The smallest absolute Gasteiger partial charge is 0.373 e. The predicted molar refractivity (Wildman–Crippen MR) is 90.1 cm³/mol. The molecule has 25 heavy (non-hydrogen) atoms. The van der Waals surface area contributed by atoms with Crippen molar-refractivity contribution in [2.45, 2.75) is 32.0 Å². The van der Waals surface area contributed by atoms with Gasteiger partial charge in [0.05, 0.1) is 11.5 Å². The number of hydrogen-bond acceptors (Lipinski definition) is 3. The summed E-state index contributed by atoms with van der Waals surface area (Å²) in [6, 6.07) is 10.3. The largest absolute Gasteiger partial charge is 0.417 e. The molecule has 0 aliphatic rings. The number of alkyl halides is 3. The van der Waals surface area contributed by atoms with Crippen LogP contribution >= 0.6 is 0 Å². The summed E-state index contributed by atoms with van der Waals surface area (Å²) in [7, 11) is 1.57. The number of pyridine rings is 1. The second-order valence-electron chi connectivity index (χ2n) is 5.57. The van der Waals surface area contributed by atoms with Crippen LogP contribution < -0.4 is 10.6 Å². The number of nitrogens with one attached hydrogen (secondary N) is 2. The molecule has 0 spiro atoms. The number of nitrogens with zero attached hydrogens (tertiary/aromatic N) is 1. The minimum absolute atomic E-state index is 0.0325. The highest BCUT2D eigenvalue weighted by atomic mass is 19.4. The molecule has 134 valence electrons. The third-order valence-corrected chi connectivity index (χ3v) is 3.91. The zero-order valence-electron chi connectivity index (χ0n) is 14.0. The molecule has 4 nitrogen and oxygen atoms in total. The number of carbonyl (C=O) groups excluding carboxylic acids is 1. The van der Waals surface area contributed by atoms with Crippen molar-refractivity contribution in [2.75, 3.05) is 12.4 Å². The van der Waals surface area contributed by atoms with Crippen LogP contribution in [0, 0.1) is 0 Å². The van der Waals surface area contributed by atoms with Gasteiger partial charge in [-0.25, -0.2) is 4.98 Å². The topological polar surface area (TPSA) is 54.0 Å². The Balaban J connectivity index is 2.15. The Hall–Kier alpha value is -2.57. The number of halogens is 3. The lowest BCUT2D eigenvalue weighted by molar-refractivity contribution is -0.137. The first kappa shape index (κ1) is 18.8. The zero-order chi connectivity index (χ0) is 18.4. The maximum Gasteiger partial charge on any atom is 0.417 e.